The first-order valence-electron chi connectivity index (χ1n) is 7.84. The van der Waals surface area contributed by atoms with Gasteiger partial charge in [0.2, 0.25) is 10.0 Å². The number of hydrogen-bond acceptors (Lipinski definition) is 6. The molecule has 2 aromatic rings. The third-order valence-electron chi connectivity index (χ3n) is 4.23. The van der Waals surface area contributed by atoms with E-state index < -0.39 is 10.0 Å². The molecule has 1 aliphatic heterocycles. The molecule has 1 atom stereocenters. The molecule has 8 nitrogen and oxygen atoms in total. The van der Waals surface area contributed by atoms with Crippen molar-refractivity contribution in [2.45, 2.75) is 30.7 Å². The molecule has 0 N–H and O–H groups in total. The highest BCUT2D eigenvalue weighted by atomic mass is 32.2. The molecule has 0 bridgehead atoms. The first kappa shape index (κ1) is 16.8. The summed E-state index contributed by atoms with van der Waals surface area (Å²) in [7, 11) is 1.90. The van der Waals surface area contributed by atoms with Crippen LogP contribution in [-0.2, 0) is 17.1 Å². The van der Waals surface area contributed by atoms with Crippen molar-refractivity contribution in [3.05, 3.63) is 29.7 Å². The molecule has 3 rings (SSSR count). The maximum absolute atomic E-state index is 13.0. The van der Waals surface area contributed by atoms with Crippen LogP contribution in [0.4, 0.5) is 5.82 Å². The molecule has 0 aliphatic carbocycles. The average molecular weight is 350 g/mol. The average Bonchev–Trinajstić information content (AvgIpc) is 3.14. The fourth-order valence-electron chi connectivity index (χ4n) is 3.03. The predicted molar refractivity (Wildman–Crippen MR) is 90.2 cm³/mol. The topological polar surface area (TPSA) is 84.2 Å². The highest BCUT2D eigenvalue weighted by Gasteiger charge is 2.38. The smallest absolute Gasteiger partial charge is 0.247 e. The Bertz CT molecular complexity index is 828. The molecule has 0 saturated carbocycles. The lowest BCUT2D eigenvalue weighted by atomic mass is 10.1. The minimum Gasteiger partial charge on any atom is -0.361 e. The Morgan fingerprint density at radius 3 is 2.54 bits per heavy atom. The highest BCUT2D eigenvalue weighted by Crippen LogP contribution is 2.36. The standard InChI is InChI=1S/C15H22N6O2S/c1-11-14(10-20(4)18-11)24(22,23)21-9-5-6-13(21)12-7-8-15(17-16-12)19(2)3/h7-8,10,13H,5-6,9H2,1-4H3. The number of aromatic nitrogens is 4. The van der Waals surface area contributed by atoms with E-state index in [2.05, 4.69) is 15.3 Å². The van der Waals surface area contributed by atoms with Gasteiger partial charge >= 0.3 is 0 Å². The zero-order chi connectivity index (χ0) is 17.5. The molecule has 0 radical (unpaired) electrons. The van der Waals surface area contributed by atoms with Gasteiger partial charge in [0.05, 0.1) is 17.4 Å². The van der Waals surface area contributed by atoms with E-state index in [9.17, 15) is 8.42 Å². The van der Waals surface area contributed by atoms with Gasteiger partial charge in [-0.15, -0.1) is 5.10 Å². The zero-order valence-corrected chi connectivity index (χ0v) is 15.2. The number of rotatable bonds is 4. The molecule has 1 fully saturated rings. The number of sulfonamides is 1. The van der Waals surface area contributed by atoms with E-state index in [0.717, 1.165) is 18.7 Å². The summed E-state index contributed by atoms with van der Waals surface area (Å²) in [4.78, 5) is 2.12. The van der Waals surface area contributed by atoms with E-state index in [1.807, 2.05) is 31.1 Å². The van der Waals surface area contributed by atoms with Crippen molar-refractivity contribution in [2.75, 3.05) is 25.5 Å². The summed E-state index contributed by atoms with van der Waals surface area (Å²) < 4.78 is 29.1. The van der Waals surface area contributed by atoms with Crippen LogP contribution in [0, 0.1) is 6.92 Å². The Morgan fingerprint density at radius 1 is 1.25 bits per heavy atom. The Morgan fingerprint density at radius 2 is 2.00 bits per heavy atom. The Balaban J connectivity index is 1.94. The van der Waals surface area contributed by atoms with Crippen LogP contribution in [0.3, 0.4) is 0 Å². The van der Waals surface area contributed by atoms with E-state index in [1.165, 1.54) is 8.99 Å². The monoisotopic (exact) mass is 350 g/mol. The lowest BCUT2D eigenvalue weighted by Gasteiger charge is -2.23. The van der Waals surface area contributed by atoms with Gasteiger partial charge in [-0.1, -0.05) is 0 Å². The molecule has 1 saturated heterocycles. The fourth-order valence-corrected chi connectivity index (χ4v) is 4.90. The van der Waals surface area contributed by atoms with Crippen LogP contribution >= 0.6 is 0 Å². The molecule has 2 aromatic heterocycles. The van der Waals surface area contributed by atoms with Gasteiger partial charge < -0.3 is 4.90 Å². The van der Waals surface area contributed by atoms with Gasteiger partial charge in [0.1, 0.15) is 4.90 Å². The van der Waals surface area contributed by atoms with Gasteiger partial charge in [-0.2, -0.15) is 14.5 Å². The van der Waals surface area contributed by atoms with Crippen LogP contribution in [0.25, 0.3) is 0 Å². The molecule has 0 amide bonds. The number of anilines is 1. The molecule has 1 aliphatic rings. The van der Waals surface area contributed by atoms with Gasteiger partial charge in [0.15, 0.2) is 5.82 Å². The normalized spacial score (nSPS) is 18.9. The maximum atomic E-state index is 13.0. The van der Waals surface area contributed by atoms with E-state index in [1.54, 1.807) is 20.2 Å². The van der Waals surface area contributed by atoms with E-state index >= 15 is 0 Å². The van der Waals surface area contributed by atoms with Crippen LogP contribution < -0.4 is 4.90 Å². The van der Waals surface area contributed by atoms with Crippen molar-refractivity contribution in [3.63, 3.8) is 0 Å². The first-order valence-corrected chi connectivity index (χ1v) is 9.28. The molecular formula is C15H22N6O2S. The van der Waals surface area contributed by atoms with Crippen molar-refractivity contribution in [1.82, 2.24) is 24.3 Å². The largest absolute Gasteiger partial charge is 0.361 e. The van der Waals surface area contributed by atoms with Crippen molar-refractivity contribution >= 4 is 15.8 Å². The third-order valence-corrected chi connectivity index (χ3v) is 6.24. The van der Waals surface area contributed by atoms with Gasteiger partial charge in [0.25, 0.3) is 0 Å². The van der Waals surface area contributed by atoms with Crippen LogP contribution in [0.2, 0.25) is 0 Å². The molecule has 0 spiro atoms. The van der Waals surface area contributed by atoms with Crippen molar-refractivity contribution < 1.29 is 8.42 Å². The summed E-state index contributed by atoms with van der Waals surface area (Å²) in [6, 6.07) is 3.44. The van der Waals surface area contributed by atoms with Gasteiger partial charge in [0, 0.05) is 33.9 Å². The second-order valence-electron chi connectivity index (χ2n) is 6.24. The molecule has 130 valence electrons. The Kier molecular flexibility index (Phi) is 4.31. The predicted octanol–water partition coefficient (Wildman–Crippen LogP) is 1.11. The summed E-state index contributed by atoms with van der Waals surface area (Å²) in [6.07, 6.45) is 3.11. The fraction of sp³-hybridized carbons (Fsp3) is 0.533. The summed E-state index contributed by atoms with van der Waals surface area (Å²) in [5.74, 6) is 0.745. The molecule has 0 aromatic carbocycles. The van der Waals surface area contributed by atoms with Gasteiger partial charge in [-0.3, -0.25) is 4.68 Å². The minimum atomic E-state index is -3.60. The van der Waals surface area contributed by atoms with Crippen LogP contribution in [0.1, 0.15) is 30.3 Å². The second kappa shape index (κ2) is 6.14. The Labute approximate surface area is 142 Å². The quantitative estimate of drug-likeness (QED) is 0.821. The molecule has 3 heterocycles. The lowest BCUT2D eigenvalue weighted by Crippen LogP contribution is -2.31. The van der Waals surface area contributed by atoms with Gasteiger partial charge in [-0.25, -0.2) is 8.42 Å². The summed E-state index contributed by atoms with van der Waals surface area (Å²) >= 11 is 0. The molecule has 9 heteroatoms. The molecule has 1 unspecified atom stereocenters. The zero-order valence-electron chi connectivity index (χ0n) is 14.3. The van der Waals surface area contributed by atoms with Crippen LogP contribution in [0.15, 0.2) is 23.2 Å². The number of nitrogens with zero attached hydrogens (tertiary/aromatic N) is 6. The molecule has 24 heavy (non-hydrogen) atoms. The van der Waals surface area contributed by atoms with Crippen molar-refractivity contribution in [2.24, 2.45) is 7.05 Å². The number of hydrogen-bond donors (Lipinski definition) is 0. The number of aryl methyl sites for hydroxylation is 2. The first-order chi connectivity index (χ1) is 11.3. The van der Waals surface area contributed by atoms with Crippen molar-refractivity contribution in [3.8, 4) is 0 Å². The third kappa shape index (κ3) is 2.89. The van der Waals surface area contributed by atoms with Gasteiger partial charge in [-0.05, 0) is 31.9 Å². The minimum absolute atomic E-state index is 0.259. The van der Waals surface area contributed by atoms with Crippen molar-refractivity contribution in [1.29, 1.82) is 0 Å². The summed E-state index contributed by atoms with van der Waals surface area (Å²) in [5, 5.41) is 12.6. The highest BCUT2D eigenvalue weighted by molar-refractivity contribution is 7.89. The Hall–Kier alpha value is -2.00. The SMILES string of the molecule is Cc1nn(C)cc1S(=O)(=O)N1CCCC1c1ccc(N(C)C)nn1. The maximum Gasteiger partial charge on any atom is 0.247 e. The lowest BCUT2D eigenvalue weighted by molar-refractivity contribution is 0.388. The summed E-state index contributed by atoms with van der Waals surface area (Å²) in [5.41, 5.74) is 1.19. The van der Waals surface area contributed by atoms with E-state index in [0.29, 0.717) is 17.9 Å². The summed E-state index contributed by atoms with van der Waals surface area (Å²) in [6.45, 7) is 2.20. The van der Waals surface area contributed by atoms with E-state index in [-0.39, 0.29) is 10.9 Å². The van der Waals surface area contributed by atoms with E-state index in [4.69, 9.17) is 0 Å². The van der Waals surface area contributed by atoms with Crippen LogP contribution in [-0.4, -0.2) is 53.3 Å². The van der Waals surface area contributed by atoms with Crippen LogP contribution in [0.5, 0.6) is 0 Å². The molecular weight excluding hydrogens is 328 g/mol. The second-order valence-corrected chi connectivity index (χ2v) is 8.10.